The summed E-state index contributed by atoms with van der Waals surface area (Å²) in [6.45, 7) is 4.09. The van der Waals surface area contributed by atoms with Crippen molar-refractivity contribution in [2.75, 3.05) is 32.7 Å². The van der Waals surface area contributed by atoms with Crippen LogP contribution in [0.5, 0.6) is 0 Å². The molecule has 1 saturated heterocycles. The van der Waals surface area contributed by atoms with Crippen LogP contribution in [-0.4, -0.2) is 58.6 Å². The maximum absolute atomic E-state index is 13.0. The van der Waals surface area contributed by atoms with Crippen LogP contribution in [0, 0.1) is 5.82 Å². The highest BCUT2D eigenvalue weighted by Crippen LogP contribution is 2.24. The second-order valence-electron chi connectivity index (χ2n) is 5.60. The van der Waals surface area contributed by atoms with Crippen molar-refractivity contribution in [2.45, 2.75) is 6.54 Å². The van der Waals surface area contributed by atoms with Gasteiger partial charge in [0.25, 0.3) is 0 Å². The van der Waals surface area contributed by atoms with Crippen molar-refractivity contribution < 1.29 is 14.3 Å². The molecule has 2 aromatic rings. The number of hydrogen-bond donors (Lipinski definition) is 1. The van der Waals surface area contributed by atoms with Crippen molar-refractivity contribution in [3.63, 3.8) is 0 Å². The van der Waals surface area contributed by atoms with Crippen LogP contribution in [0.2, 0.25) is 0 Å². The molecule has 3 rings (SSSR count). The predicted molar refractivity (Wildman–Crippen MR) is 86.9 cm³/mol. The molecule has 1 aliphatic rings. The van der Waals surface area contributed by atoms with Gasteiger partial charge in [0, 0.05) is 43.7 Å². The maximum atomic E-state index is 13.0. The largest absolute Gasteiger partial charge is 0.480 e. The minimum atomic E-state index is -0.776. The molecule has 1 aromatic heterocycles. The van der Waals surface area contributed by atoms with E-state index >= 15 is 0 Å². The lowest BCUT2D eigenvalue weighted by Gasteiger charge is -2.33. The van der Waals surface area contributed by atoms with Crippen LogP contribution in [-0.2, 0) is 11.3 Å². The summed E-state index contributed by atoms with van der Waals surface area (Å²) in [5.74, 6) is -1.02. The fraction of sp³-hybridized carbons (Fsp3) is 0.375. The minimum Gasteiger partial charge on any atom is -0.480 e. The van der Waals surface area contributed by atoms with E-state index in [-0.39, 0.29) is 12.4 Å². The molecule has 1 fully saturated rings. The van der Waals surface area contributed by atoms with Gasteiger partial charge in [-0.3, -0.25) is 14.6 Å². The first-order chi connectivity index (χ1) is 11.1. The van der Waals surface area contributed by atoms with Crippen LogP contribution in [0.25, 0.3) is 10.6 Å². The van der Waals surface area contributed by atoms with Crippen LogP contribution in [0.15, 0.2) is 29.6 Å². The van der Waals surface area contributed by atoms with E-state index < -0.39 is 5.97 Å². The van der Waals surface area contributed by atoms with E-state index in [1.54, 1.807) is 23.5 Å². The van der Waals surface area contributed by atoms with Crippen molar-refractivity contribution in [1.29, 1.82) is 0 Å². The van der Waals surface area contributed by atoms with E-state index in [1.807, 2.05) is 10.3 Å². The first kappa shape index (κ1) is 16.0. The fourth-order valence-corrected chi connectivity index (χ4v) is 3.45. The standard InChI is InChI=1S/C16H18FN3O2S/c17-13-3-1-12(2-4-13)16-18-14(11-23-16)9-19-5-7-20(8-6-19)10-15(21)22/h1-4,11H,5-10H2,(H,21,22). The zero-order valence-corrected chi connectivity index (χ0v) is 13.4. The molecule has 7 heteroatoms. The Morgan fingerprint density at radius 3 is 2.48 bits per heavy atom. The van der Waals surface area contributed by atoms with Gasteiger partial charge in [-0.05, 0) is 24.3 Å². The van der Waals surface area contributed by atoms with Gasteiger partial charge in [-0.2, -0.15) is 0 Å². The van der Waals surface area contributed by atoms with Crippen LogP contribution in [0.4, 0.5) is 4.39 Å². The molecule has 0 amide bonds. The van der Waals surface area contributed by atoms with Gasteiger partial charge in [0.2, 0.25) is 0 Å². The molecule has 1 aliphatic heterocycles. The number of carboxylic acid groups (broad SMARTS) is 1. The molecule has 0 spiro atoms. The van der Waals surface area contributed by atoms with Crippen LogP contribution in [0.3, 0.4) is 0 Å². The minimum absolute atomic E-state index is 0.110. The van der Waals surface area contributed by atoms with Crippen LogP contribution < -0.4 is 0 Å². The zero-order chi connectivity index (χ0) is 16.2. The lowest BCUT2D eigenvalue weighted by Crippen LogP contribution is -2.47. The third kappa shape index (κ3) is 4.34. The molecule has 0 saturated carbocycles. The van der Waals surface area contributed by atoms with Gasteiger partial charge in [-0.1, -0.05) is 0 Å². The van der Waals surface area contributed by atoms with Gasteiger partial charge < -0.3 is 5.11 Å². The molecule has 0 aliphatic carbocycles. The highest BCUT2D eigenvalue weighted by atomic mass is 32.1. The lowest BCUT2D eigenvalue weighted by atomic mass is 10.2. The van der Waals surface area contributed by atoms with E-state index in [2.05, 4.69) is 9.88 Å². The third-order valence-electron chi connectivity index (χ3n) is 3.85. The van der Waals surface area contributed by atoms with E-state index in [9.17, 15) is 9.18 Å². The average molecular weight is 335 g/mol. The Balaban J connectivity index is 1.56. The summed E-state index contributed by atoms with van der Waals surface area (Å²) in [6, 6.07) is 6.36. The van der Waals surface area contributed by atoms with Gasteiger partial charge in [0.15, 0.2) is 0 Å². The molecule has 122 valence electrons. The molecule has 0 bridgehead atoms. The van der Waals surface area contributed by atoms with Crippen molar-refractivity contribution in [3.8, 4) is 10.6 Å². The first-order valence-electron chi connectivity index (χ1n) is 7.47. The second-order valence-corrected chi connectivity index (χ2v) is 6.46. The van der Waals surface area contributed by atoms with Crippen molar-refractivity contribution in [1.82, 2.24) is 14.8 Å². The number of nitrogens with zero attached hydrogens (tertiary/aromatic N) is 3. The van der Waals surface area contributed by atoms with Crippen LogP contribution >= 0.6 is 11.3 Å². The monoisotopic (exact) mass is 335 g/mol. The van der Waals surface area contributed by atoms with E-state index in [4.69, 9.17) is 5.11 Å². The van der Waals surface area contributed by atoms with E-state index in [1.165, 1.54) is 12.1 Å². The molecular formula is C16H18FN3O2S. The quantitative estimate of drug-likeness (QED) is 0.907. The number of carbonyl (C=O) groups is 1. The van der Waals surface area contributed by atoms with Crippen molar-refractivity contribution >= 4 is 17.3 Å². The summed E-state index contributed by atoms with van der Waals surface area (Å²) in [5.41, 5.74) is 1.93. The van der Waals surface area contributed by atoms with E-state index in [0.717, 1.165) is 49.0 Å². The molecule has 1 N–H and O–H groups in total. The Morgan fingerprint density at radius 2 is 1.83 bits per heavy atom. The fourth-order valence-electron chi connectivity index (χ4n) is 2.63. The number of benzene rings is 1. The molecule has 5 nitrogen and oxygen atoms in total. The normalized spacial score (nSPS) is 16.6. The molecule has 0 radical (unpaired) electrons. The van der Waals surface area contributed by atoms with E-state index in [0.29, 0.717) is 0 Å². The number of halogens is 1. The Bertz CT molecular complexity index is 666. The highest BCUT2D eigenvalue weighted by molar-refractivity contribution is 7.13. The van der Waals surface area contributed by atoms with Gasteiger partial charge in [-0.25, -0.2) is 9.37 Å². The highest BCUT2D eigenvalue weighted by Gasteiger charge is 2.19. The molecular weight excluding hydrogens is 317 g/mol. The summed E-state index contributed by atoms with van der Waals surface area (Å²) in [6.07, 6.45) is 0. The summed E-state index contributed by atoms with van der Waals surface area (Å²) in [5, 5.41) is 11.7. The summed E-state index contributed by atoms with van der Waals surface area (Å²) < 4.78 is 13.0. The summed E-state index contributed by atoms with van der Waals surface area (Å²) in [4.78, 5) is 19.6. The number of carboxylic acids is 1. The van der Waals surface area contributed by atoms with Gasteiger partial charge in [0.05, 0.1) is 12.2 Å². The summed E-state index contributed by atoms with van der Waals surface area (Å²) >= 11 is 1.56. The predicted octanol–water partition coefficient (Wildman–Crippen LogP) is 2.15. The van der Waals surface area contributed by atoms with Crippen molar-refractivity contribution in [3.05, 3.63) is 41.2 Å². The zero-order valence-electron chi connectivity index (χ0n) is 12.6. The molecule has 0 atom stereocenters. The number of thiazole rings is 1. The smallest absolute Gasteiger partial charge is 0.317 e. The summed E-state index contributed by atoms with van der Waals surface area (Å²) in [7, 11) is 0. The van der Waals surface area contributed by atoms with Crippen LogP contribution in [0.1, 0.15) is 5.69 Å². The first-order valence-corrected chi connectivity index (χ1v) is 8.35. The molecule has 23 heavy (non-hydrogen) atoms. The third-order valence-corrected chi connectivity index (χ3v) is 4.79. The second kappa shape index (κ2) is 7.16. The van der Waals surface area contributed by atoms with Gasteiger partial charge in [-0.15, -0.1) is 11.3 Å². The number of piperazine rings is 1. The maximum Gasteiger partial charge on any atom is 0.317 e. The van der Waals surface area contributed by atoms with Crippen molar-refractivity contribution in [2.24, 2.45) is 0 Å². The number of aliphatic carboxylic acids is 1. The van der Waals surface area contributed by atoms with Gasteiger partial charge in [0.1, 0.15) is 10.8 Å². The topological polar surface area (TPSA) is 56.7 Å². The SMILES string of the molecule is O=C(O)CN1CCN(Cc2csc(-c3ccc(F)cc3)n2)CC1. The Morgan fingerprint density at radius 1 is 1.17 bits per heavy atom. The Hall–Kier alpha value is -1.83. The number of aromatic nitrogens is 1. The molecule has 2 heterocycles. The molecule has 1 aromatic carbocycles. The number of rotatable bonds is 5. The number of hydrogen-bond acceptors (Lipinski definition) is 5. The average Bonchev–Trinajstić information content (AvgIpc) is 2.98. The Kier molecular flexibility index (Phi) is 5.00. The van der Waals surface area contributed by atoms with Gasteiger partial charge >= 0.3 is 5.97 Å². The molecule has 0 unspecified atom stereocenters. The Labute approximate surface area is 138 Å². The lowest BCUT2D eigenvalue weighted by molar-refractivity contribution is -0.138.